The van der Waals surface area contributed by atoms with E-state index in [2.05, 4.69) is 20.0 Å². The molecule has 1 aromatic heterocycles. The minimum atomic E-state index is 0.0765. The molecule has 3 fully saturated rings. The van der Waals surface area contributed by atoms with Gasteiger partial charge in [0, 0.05) is 35.6 Å². The maximum Gasteiger partial charge on any atom is 0.275 e. The maximum atomic E-state index is 13.1. The summed E-state index contributed by atoms with van der Waals surface area (Å²) in [6.45, 7) is 3.25. The van der Waals surface area contributed by atoms with Gasteiger partial charge in [0.25, 0.3) is 5.91 Å². The zero-order valence-electron chi connectivity index (χ0n) is 12.1. The van der Waals surface area contributed by atoms with E-state index < -0.39 is 0 Å². The number of benzene rings is 1. The molecule has 5 rings (SSSR count). The van der Waals surface area contributed by atoms with Gasteiger partial charge in [-0.3, -0.25) is 14.8 Å². The first-order valence-electron chi connectivity index (χ1n) is 7.89. The Kier molecular flexibility index (Phi) is 2.62. The van der Waals surface area contributed by atoms with Crippen molar-refractivity contribution >= 4 is 28.4 Å². The topological polar surface area (TPSA) is 52.2 Å². The number of piperidine rings is 1. The molecule has 3 bridgehead atoms. The fraction of sp³-hybridized carbons (Fsp3) is 0.500. The third-order valence-corrected chi connectivity index (χ3v) is 5.80. The van der Waals surface area contributed by atoms with Gasteiger partial charge in [0.1, 0.15) is 0 Å². The number of hydrogen-bond acceptors (Lipinski definition) is 3. The third-order valence-electron chi connectivity index (χ3n) is 5.56. The third kappa shape index (κ3) is 1.69. The van der Waals surface area contributed by atoms with Gasteiger partial charge >= 0.3 is 0 Å². The summed E-state index contributed by atoms with van der Waals surface area (Å²) in [6.07, 6.45) is 2.38. The van der Waals surface area contributed by atoms with Gasteiger partial charge in [-0.05, 0) is 43.5 Å². The molecule has 0 aliphatic carbocycles. The number of halogens is 1. The van der Waals surface area contributed by atoms with E-state index >= 15 is 0 Å². The van der Waals surface area contributed by atoms with Crippen molar-refractivity contribution in [1.29, 1.82) is 0 Å². The maximum absolute atomic E-state index is 13.1. The number of H-pyrrole nitrogens is 1. The van der Waals surface area contributed by atoms with Crippen LogP contribution < -0.4 is 0 Å². The van der Waals surface area contributed by atoms with Crippen LogP contribution in [0.15, 0.2) is 18.2 Å². The highest BCUT2D eigenvalue weighted by Crippen LogP contribution is 2.41. The molecule has 0 spiro atoms. The molecule has 2 aromatic rings. The van der Waals surface area contributed by atoms with E-state index in [1.54, 1.807) is 0 Å². The van der Waals surface area contributed by atoms with Gasteiger partial charge in [-0.2, -0.15) is 5.10 Å². The first-order valence-corrected chi connectivity index (χ1v) is 8.27. The van der Waals surface area contributed by atoms with Gasteiger partial charge < -0.3 is 4.90 Å². The van der Waals surface area contributed by atoms with E-state index in [9.17, 15) is 4.79 Å². The van der Waals surface area contributed by atoms with Gasteiger partial charge in [-0.15, -0.1) is 0 Å². The molecule has 4 atom stereocenters. The number of aromatic nitrogens is 2. The van der Waals surface area contributed by atoms with Crippen molar-refractivity contribution in [2.75, 3.05) is 19.6 Å². The van der Waals surface area contributed by atoms with E-state index in [0.29, 0.717) is 28.7 Å². The van der Waals surface area contributed by atoms with Crippen LogP contribution in [-0.4, -0.2) is 57.6 Å². The van der Waals surface area contributed by atoms with Gasteiger partial charge in [0.05, 0.1) is 5.52 Å². The largest absolute Gasteiger partial charge is 0.328 e. The molecule has 5 nitrogen and oxygen atoms in total. The van der Waals surface area contributed by atoms with Crippen LogP contribution in [0.25, 0.3) is 10.9 Å². The van der Waals surface area contributed by atoms with Crippen LogP contribution in [-0.2, 0) is 0 Å². The Hall–Kier alpha value is -1.59. The van der Waals surface area contributed by atoms with E-state index in [1.165, 1.54) is 13.0 Å². The summed E-state index contributed by atoms with van der Waals surface area (Å²) in [4.78, 5) is 17.7. The molecule has 3 aliphatic heterocycles. The number of nitrogens with zero attached hydrogens (tertiary/aromatic N) is 3. The summed E-state index contributed by atoms with van der Waals surface area (Å²) in [5.74, 6) is 0.750. The molecule has 3 saturated heterocycles. The molecule has 0 radical (unpaired) electrons. The number of amides is 1. The molecule has 114 valence electrons. The van der Waals surface area contributed by atoms with Crippen molar-refractivity contribution in [2.24, 2.45) is 5.92 Å². The monoisotopic (exact) mass is 316 g/mol. The molecule has 1 amide bonds. The lowest BCUT2D eigenvalue weighted by Crippen LogP contribution is -2.58. The zero-order valence-corrected chi connectivity index (χ0v) is 12.9. The number of carbonyl (C=O) groups is 1. The first-order chi connectivity index (χ1) is 10.7. The molecule has 3 aliphatic rings. The van der Waals surface area contributed by atoms with E-state index in [-0.39, 0.29) is 5.91 Å². The molecular formula is C16H17ClN4O. The van der Waals surface area contributed by atoms with Gasteiger partial charge in [0.2, 0.25) is 0 Å². The van der Waals surface area contributed by atoms with Gasteiger partial charge in [-0.1, -0.05) is 11.6 Å². The Morgan fingerprint density at radius 1 is 1.36 bits per heavy atom. The van der Waals surface area contributed by atoms with Crippen molar-refractivity contribution < 1.29 is 4.79 Å². The second kappa shape index (κ2) is 4.46. The van der Waals surface area contributed by atoms with Crippen LogP contribution in [0.3, 0.4) is 0 Å². The summed E-state index contributed by atoms with van der Waals surface area (Å²) >= 11 is 6.01. The van der Waals surface area contributed by atoms with Crippen molar-refractivity contribution in [1.82, 2.24) is 20.0 Å². The normalized spacial score (nSPS) is 32.9. The number of rotatable bonds is 1. The number of nitrogens with one attached hydrogen (secondary N) is 1. The molecule has 2 unspecified atom stereocenters. The van der Waals surface area contributed by atoms with Crippen molar-refractivity contribution in [3.05, 3.63) is 28.9 Å². The minimum absolute atomic E-state index is 0.0765. The molecule has 22 heavy (non-hydrogen) atoms. The number of aromatic amines is 1. The van der Waals surface area contributed by atoms with Crippen LogP contribution >= 0.6 is 11.6 Å². The van der Waals surface area contributed by atoms with Crippen LogP contribution in [0.4, 0.5) is 0 Å². The number of carbonyl (C=O) groups excluding carboxylic acids is 1. The lowest BCUT2D eigenvalue weighted by atomic mass is 9.93. The van der Waals surface area contributed by atoms with Crippen molar-refractivity contribution in [3.8, 4) is 0 Å². The SMILES string of the molecule is O=C(c1n[nH]c2cc(Cl)ccc12)N1C2C[N@@]3CCC2C[C@@H]1C3. The fourth-order valence-corrected chi connectivity index (χ4v) is 4.76. The zero-order chi connectivity index (χ0) is 14.8. The molecule has 1 N–H and O–H groups in total. The lowest BCUT2D eigenvalue weighted by Gasteiger charge is -2.44. The van der Waals surface area contributed by atoms with E-state index in [1.807, 2.05) is 18.2 Å². The number of hydrogen-bond donors (Lipinski definition) is 1. The molecule has 4 heterocycles. The van der Waals surface area contributed by atoms with E-state index in [0.717, 1.165) is 30.4 Å². The predicted molar refractivity (Wildman–Crippen MR) is 84.0 cm³/mol. The van der Waals surface area contributed by atoms with Gasteiger partial charge in [0.15, 0.2) is 5.69 Å². The quantitative estimate of drug-likeness (QED) is 0.877. The first kappa shape index (κ1) is 12.9. The average Bonchev–Trinajstić information content (AvgIpc) is 2.95. The predicted octanol–water partition coefficient (Wildman–Crippen LogP) is 2.13. The average molecular weight is 317 g/mol. The van der Waals surface area contributed by atoms with Crippen molar-refractivity contribution in [3.63, 3.8) is 0 Å². The minimum Gasteiger partial charge on any atom is -0.328 e. The highest BCUT2D eigenvalue weighted by molar-refractivity contribution is 6.31. The summed E-state index contributed by atoms with van der Waals surface area (Å²) in [5, 5.41) is 8.74. The van der Waals surface area contributed by atoms with Crippen LogP contribution in [0.5, 0.6) is 0 Å². The molecule has 1 aromatic carbocycles. The lowest BCUT2D eigenvalue weighted by molar-refractivity contribution is 0.0258. The van der Waals surface area contributed by atoms with Crippen LogP contribution in [0, 0.1) is 5.92 Å². The highest BCUT2D eigenvalue weighted by atomic mass is 35.5. The molecular weight excluding hydrogens is 300 g/mol. The summed E-state index contributed by atoms with van der Waals surface area (Å²) in [5.41, 5.74) is 1.36. The standard InChI is InChI=1S/C16H17ClN4O/c17-10-1-2-12-13(6-10)18-19-15(12)16(22)21-11-5-9-3-4-20(7-11)8-14(9)21/h1-2,6,9,11,14H,3-5,7-8H2,(H,18,19)/t9?,11-,14?/m1/s1. The van der Waals surface area contributed by atoms with Gasteiger partial charge in [-0.25, -0.2) is 0 Å². The molecule has 0 saturated carbocycles. The van der Waals surface area contributed by atoms with Crippen LogP contribution in [0.2, 0.25) is 5.02 Å². The highest BCUT2D eigenvalue weighted by Gasteiger charge is 2.51. The number of piperazine rings is 1. The number of fused-ring (bicyclic) bond motifs is 3. The summed E-state index contributed by atoms with van der Waals surface area (Å²) in [6, 6.07) is 6.25. The van der Waals surface area contributed by atoms with Crippen molar-refractivity contribution in [2.45, 2.75) is 24.9 Å². The molecule has 6 heteroatoms. The Morgan fingerprint density at radius 3 is 3.18 bits per heavy atom. The summed E-state index contributed by atoms with van der Waals surface area (Å²) in [7, 11) is 0. The fourth-order valence-electron chi connectivity index (χ4n) is 4.59. The Balaban J connectivity index is 1.54. The summed E-state index contributed by atoms with van der Waals surface area (Å²) < 4.78 is 0. The smallest absolute Gasteiger partial charge is 0.275 e. The second-order valence-corrected chi connectivity index (χ2v) is 7.18. The Morgan fingerprint density at radius 2 is 2.27 bits per heavy atom. The van der Waals surface area contributed by atoms with Crippen LogP contribution in [0.1, 0.15) is 23.3 Å². The Bertz CT molecular complexity index is 769. The second-order valence-electron chi connectivity index (χ2n) is 6.74. The van der Waals surface area contributed by atoms with E-state index in [4.69, 9.17) is 11.6 Å². The Labute approximate surface area is 133 Å².